The quantitative estimate of drug-likeness (QED) is 0.302. The second kappa shape index (κ2) is 5.46. The van der Waals surface area contributed by atoms with E-state index in [1.807, 2.05) is 0 Å². The summed E-state index contributed by atoms with van der Waals surface area (Å²) in [6.45, 7) is 0. The minimum Gasteiger partial charge on any atom is -0.354 e. The van der Waals surface area contributed by atoms with Crippen molar-refractivity contribution in [1.82, 2.24) is 4.98 Å². The van der Waals surface area contributed by atoms with E-state index in [4.69, 9.17) is 0 Å². The summed E-state index contributed by atoms with van der Waals surface area (Å²) in [4.78, 5) is 3.63. The molecule has 0 aliphatic heterocycles. The Labute approximate surface area is 156 Å². The Morgan fingerprint density at radius 1 is 0.407 bits per heavy atom. The molecule has 0 radical (unpaired) electrons. The van der Waals surface area contributed by atoms with Gasteiger partial charge in [-0.15, -0.1) is 0 Å². The van der Waals surface area contributed by atoms with Crippen LogP contribution in [0.2, 0.25) is 0 Å². The van der Waals surface area contributed by atoms with Crippen LogP contribution in [0.25, 0.3) is 54.5 Å². The smallest absolute Gasteiger partial charge is 0.0544 e. The highest BCUT2D eigenvalue weighted by Crippen LogP contribution is 2.37. The molecule has 27 heavy (non-hydrogen) atoms. The van der Waals surface area contributed by atoms with Crippen LogP contribution in [0.1, 0.15) is 0 Å². The number of H-pyrrole nitrogens is 1. The molecule has 0 fully saturated rings. The minimum absolute atomic E-state index is 1.19. The van der Waals surface area contributed by atoms with Crippen LogP contribution in [-0.2, 0) is 0 Å². The summed E-state index contributed by atoms with van der Waals surface area (Å²) in [5.41, 5.74) is 4.96. The third-order valence-corrected chi connectivity index (χ3v) is 5.62. The maximum atomic E-state index is 3.63. The van der Waals surface area contributed by atoms with Crippen LogP contribution in [-0.4, -0.2) is 4.98 Å². The number of hydrogen-bond donors (Lipinski definition) is 1. The number of nitrogens with one attached hydrogen (secondary N) is 1. The summed E-state index contributed by atoms with van der Waals surface area (Å²) in [5.74, 6) is 0. The number of aromatic amines is 1. The van der Waals surface area contributed by atoms with Crippen molar-refractivity contribution in [2.75, 3.05) is 0 Å². The van der Waals surface area contributed by atoms with E-state index in [0.717, 1.165) is 0 Å². The second-order valence-electron chi connectivity index (χ2n) is 7.09. The van der Waals surface area contributed by atoms with Crippen LogP contribution in [0.15, 0.2) is 97.1 Å². The SMILES string of the molecule is c1ccc(-c2cccc3c2ccc2c3ccc3c4ccccc4[nH]c32)cc1. The molecule has 0 spiro atoms. The van der Waals surface area contributed by atoms with Crippen LogP contribution in [0.4, 0.5) is 0 Å². The van der Waals surface area contributed by atoms with Crippen molar-refractivity contribution in [1.29, 1.82) is 0 Å². The lowest BCUT2D eigenvalue weighted by molar-refractivity contribution is 1.56. The maximum Gasteiger partial charge on any atom is 0.0544 e. The molecule has 1 aromatic heterocycles. The number of rotatable bonds is 1. The molecule has 0 bridgehead atoms. The van der Waals surface area contributed by atoms with Gasteiger partial charge in [0, 0.05) is 21.7 Å². The van der Waals surface area contributed by atoms with Gasteiger partial charge in [-0.1, -0.05) is 91.0 Å². The first-order valence-electron chi connectivity index (χ1n) is 9.30. The summed E-state index contributed by atoms with van der Waals surface area (Å²) in [6.07, 6.45) is 0. The number of benzene rings is 5. The zero-order valence-corrected chi connectivity index (χ0v) is 14.7. The van der Waals surface area contributed by atoms with Gasteiger partial charge in [-0.25, -0.2) is 0 Å². The third kappa shape index (κ3) is 2.06. The molecular weight excluding hydrogens is 326 g/mol. The van der Waals surface area contributed by atoms with Crippen LogP contribution in [0.3, 0.4) is 0 Å². The molecule has 0 saturated heterocycles. The Bertz CT molecular complexity index is 1460. The normalized spacial score (nSPS) is 11.7. The van der Waals surface area contributed by atoms with Crippen molar-refractivity contribution in [2.45, 2.75) is 0 Å². The first-order chi connectivity index (χ1) is 13.4. The number of para-hydroxylation sites is 1. The largest absolute Gasteiger partial charge is 0.354 e. The molecule has 0 aliphatic carbocycles. The van der Waals surface area contributed by atoms with E-state index in [2.05, 4.69) is 102 Å². The van der Waals surface area contributed by atoms with Crippen molar-refractivity contribution >= 4 is 43.4 Å². The van der Waals surface area contributed by atoms with E-state index in [0.29, 0.717) is 0 Å². The fourth-order valence-corrected chi connectivity index (χ4v) is 4.36. The first-order valence-corrected chi connectivity index (χ1v) is 9.30. The minimum atomic E-state index is 1.19. The van der Waals surface area contributed by atoms with Gasteiger partial charge in [-0.05, 0) is 33.4 Å². The molecule has 0 atom stereocenters. The molecule has 0 unspecified atom stereocenters. The van der Waals surface area contributed by atoms with Crippen LogP contribution in [0.5, 0.6) is 0 Å². The number of fused-ring (bicyclic) bond motifs is 7. The van der Waals surface area contributed by atoms with Gasteiger partial charge in [-0.2, -0.15) is 0 Å². The predicted octanol–water partition coefficient (Wildman–Crippen LogP) is 7.29. The zero-order chi connectivity index (χ0) is 17.8. The highest BCUT2D eigenvalue weighted by molar-refractivity contribution is 6.22. The van der Waals surface area contributed by atoms with Gasteiger partial charge in [0.1, 0.15) is 0 Å². The van der Waals surface area contributed by atoms with Gasteiger partial charge in [0.2, 0.25) is 0 Å². The summed E-state index contributed by atoms with van der Waals surface area (Å²) >= 11 is 0. The molecule has 1 nitrogen and oxygen atoms in total. The third-order valence-electron chi connectivity index (χ3n) is 5.62. The van der Waals surface area contributed by atoms with Crippen molar-refractivity contribution in [3.05, 3.63) is 97.1 Å². The molecule has 0 saturated carbocycles. The Morgan fingerprint density at radius 2 is 1.04 bits per heavy atom. The highest BCUT2D eigenvalue weighted by atomic mass is 14.7. The van der Waals surface area contributed by atoms with Gasteiger partial charge in [0.25, 0.3) is 0 Å². The Kier molecular flexibility index (Phi) is 2.95. The maximum absolute atomic E-state index is 3.63. The molecule has 0 amide bonds. The van der Waals surface area contributed by atoms with E-state index in [1.54, 1.807) is 0 Å². The molecule has 6 rings (SSSR count). The van der Waals surface area contributed by atoms with Gasteiger partial charge in [-0.3, -0.25) is 0 Å². The monoisotopic (exact) mass is 343 g/mol. The molecular formula is C26H17N. The summed E-state index contributed by atoms with van der Waals surface area (Å²) < 4.78 is 0. The lowest BCUT2D eigenvalue weighted by atomic mass is 9.94. The van der Waals surface area contributed by atoms with E-state index in [-0.39, 0.29) is 0 Å². The fourth-order valence-electron chi connectivity index (χ4n) is 4.36. The summed E-state index contributed by atoms with van der Waals surface area (Å²) in [7, 11) is 0. The average molecular weight is 343 g/mol. The van der Waals surface area contributed by atoms with E-state index in [1.165, 1.54) is 54.5 Å². The fraction of sp³-hybridized carbons (Fsp3) is 0. The second-order valence-corrected chi connectivity index (χ2v) is 7.09. The Morgan fingerprint density at radius 3 is 1.93 bits per heavy atom. The van der Waals surface area contributed by atoms with E-state index >= 15 is 0 Å². The Hall–Kier alpha value is -3.58. The van der Waals surface area contributed by atoms with Gasteiger partial charge < -0.3 is 4.98 Å². The Balaban J connectivity index is 1.74. The lowest BCUT2D eigenvalue weighted by Gasteiger charge is -2.10. The molecule has 1 heterocycles. The molecule has 0 aliphatic rings. The average Bonchev–Trinajstić information content (AvgIpc) is 3.13. The van der Waals surface area contributed by atoms with E-state index in [9.17, 15) is 0 Å². The summed E-state index contributed by atoms with van der Waals surface area (Å²) in [6, 6.07) is 34.8. The molecule has 6 aromatic rings. The highest BCUT2D eigenvalue weighted by Gasteiger charge is 2.11. The van der Waals surface area contributed by atoms with Gasteiger partial charge >= 0.3 is 0 Å². The van der Waals surface area contributed by atoms with Crippen LogP contribution < -0.4 is 0 Å². The topological polar surface area (TPSA) is 15.8 Å². The van der Waals surface area contributed by atoms with Crippen molar-refractivity contribution in [2.24, 2.45) is 0 Å². The molecule has 1 N–H and O–H groups in total. The number of hydrogen-bond acceptors (Lipinski definition) is 0. The van der Waals surface area contributed by atoms with Crippen molar-refractivity contribution in [3.63, 3.8) is 0 Å². The van der Waals surface area contributed by atoms with Crippen molar-refractivity contribution < 1.29 is 0 Å². The molecule has 5 aromatic carbocycles. The van der Waals surface area contributed by atoms with Gasteiger partial charge in [0.15, 0.2) is 0 Å². The predicted molar refractivity (Wildman–Crippen MR) is 116 cm³/mol. The zero-order valence-electron chi connectivity index (χ0n) is 14.7. The molecule has 126 valence electrons. The summed E-state index contributed by atoms with van der Waals surface area (Å²) in [5, 5.41) is 7.75. The number of aromatic nitrogens is 1. The van der Waals surface area contributed by atoms with Crippen LogP contribution >= 0.6 is 0 Å². The first kappa shape index (κ1) is 14.6. The van der Waals surface area contributed by atoms with Gasteiger partial charge in [0.05, 0.1) is 5.52 Å². The standard InChI is InChI=1S/C26H17N/c1-2-7-17(8-3-1)18-10-6-11-19-20(18)13-15-23-21(19)14-16-24-22-9-4-5-12-25(22)27-26(23)24/h1-16,27H. The lowest BCUT2D eigenvalue weighted by Crippen LogP contribution is -1.84. The van der Waals surface area contributed by atoms with Crippen molar-refractivity contribution in [3.8, 4) is 11.1 Å². The van der Waals surface area contributed by atoms with Crippen LogP contribution in [0, 0.1) is 0 Å². The van der Waals surface area contributed by atoms with E-state index < -0.39 is 0 Å². The molecule has 1 heteroatoms.